The summed E-state index contributed by atoms with van der Waals surface area (Å²) in [6.45, 7) is 4.22. The number of nitrogens with zero attached hydrogens (tertiary/aromatic N) is 2. The second-order valence-electron chi connectivity index (χ2n) is 4.22. The minimum absolute atomic E-state index is 0.853. The van der Waals surface area contributed by atoms with Crippen LogP contribution in [-0.4, -0.2) is 12.0 Å². The van der Waals surface area contributed by atoms with Crippen molar-refractivity contribution < 1.29 is 0 Å². The van der Waals surface area contributed by atoms with E-state index < -0.39 is 0 Å². The van der Waals surface area contributed by atoms with Gasteiger partial charge >= 0.3 is 0 Å². The lowest BCUT2D eigenvalue weighted by atomic mass is 10.1. The quantitative estimate of drug-likeness (QED) is 0.770. The maximum absolute atomic E-state index is 4.45. The number of hydrogen-bond donors (Lipinski definition) is 0. The van der Waals surface area contributed by atoms with E-state index in [-0.39, 0.29) is 0 Å². The molecule has 2 rings (SSSR count). The first-order valence-electron chi connectivity index (χ1n) is 5.51. The van der Waals surface area contributed by atoms with Gasteiger partial charge in [0.2, 0.25) is 0 Å². The van der Waals surface area contributed by atoms with Gasteiger partial charge in [-0.15, -0.1) is 0 Å². The van der Waals surface area contributed by atoms with Crippen molar-refractivity contribution in [1.82, 2.24) is 4.98 Å². The molecule has 1 aromatic carbocycles. The van der Waals surface area contributed by atoms with Crippen LogP contribution in [0.1, 0.15) is 11.1 Å². The van der Waals surface area contributed by atoms with Crippen LogP contribution in [0.2, 0.25) is 0 Å². The topological polar surface area (TPSA) is 16.1 Å². The van der Waals surface area contributed by atoms with Crippen molar-refractivity contribution in [3.63, 3.8) is 0 Å². The van der Waals surface area contributed by atoms with E-state index in [4.69, 9.17) is 0 Å². The summed E-state index contributed by atoms with van der Waals surface area (Å²) in [5.74, 6) is 0.935. The third-order valence-electron chi connectivity index (χ3n) is 2.64. The molecule has 3 heteroatoms. The average Bonchev–Trinajstić information content (AvgIpc) is 2.26. The van der Waals surface area contributed by atoms with E-state index in [9.17, 15) is 0 Å². The molecule has 0 aliphatic carbocycles. The summed E-state index contributed by atoms with van der Waals surface area (Å²) in [4.78, 5) is 6.54. The molecule has 0 unspecified atom stereocenters. The molecule has 0 radical (unpaired) electrons. The summed E-state index contributed by atoms with van der Waals surface area (Å²) in [6, 6.07) is 12.4. The van der Waals surface area contributed by atoms with Crippen LogP contribution in [0.5, 0.6) is 0 Å². The Morgan fingerprint density at radius 3 is 2.29 bits per heavy atom. The van der Waals surface area contributed by atoms with Crippen molar-refractivity contribution in [2.24, 2.45) is 0 Å². The van der Waals surface area contributed by atoms with E-state index in [2.05, 4.69) is 57.9 Å². The summed E-state index contributed by atoms with van der Waals surface area (Å²) in [7, 11) is 2.03. The fraction of sp³-hybridized carbons (Fsp3) is 0.214. The van der Waals surface area contributed by atoms with E-state index in [0.29, 0.717) is 0 Å². The number of rotatable bonds is 2. The summed E-state index contributed by atoms with van der Waals surface area (Å²) in [5.41, 5.74) is 3.69. The lowest BCUT2D eigenvalue weighted by Gasteiger charge is -2.19. The lowest BCUT2D eigenvalue weighted by Crippen LogP contribution is -2.11. The van der Waals surface area contributed by atoms with Gasteiger partial charge in [-0.05, 0) is 65.2 Å². The van der Waals surface area contributed by atoms with Crippen molar-refractivity contribution in [3.8, 4) is 0 Å². The highest BCUT2D eigenvalue weighted by molar-refractivity contribution is 9.10. The van der Waals surface area contributed by atoms with E-state index in [1.807, 2.05) is 25.2 Å². The second-order valence-corrected chi connectivity index (χ2v) is 5.04. The zero-order chi connectivity index (χ0) is 12.4. The maximum Gasteiger partial charge on any atom is 0.134 e. The van der Waals surface area contributed by atoms with E-state index >= 15 is 0 Å². The van der Waals surface area contributed by atoms with E-state index in [0.717, 1.165) is 16.1 Å². The molecule has 0 N–H and O–H groups in total. The van der Waals surface area contributed by atoms with Gasteiger partial charge in [0.1, 0.15) is 10.4 Å². The number of aryl methyl sites for hydroxylation is 2. The van der Waals surface area contributed by atoms with Crippen LogP contribution in [0.3, 0.4) is 0 Å². The first-order chi connectivity index (χ1) is 8.06. The van der Waals surface area contributed by atoms with Crippen molar-refractivity contribution in [2.75, 3.05) is 11.9 Å². The number of pyridine rings is 1. The Kier molecular flexibility index (Phi) is 3.48. The highest BCUT2D eigenvalue weighted by Gasteiger charge is 2.06. The van der Waals surface area contributed by atoms with Gasteiger partial charge in [-0.1, -0.05) is 12.1 Å². The SMILES string of the molecule is Cc1cc(C)cc(N(C)c2cccc(Br)n2)c1. The van der Waals surface area contributed by atoms with Crippen molar-refractivity contribution in [2.45, 2.75) is 13.8 Å². The molecule has 0 spiro atoms. The Labute approximate surface area is 110 Å². The van der Waals surface area contributed by atoms with Crippen molar-refractivity contribution in [1.29, 1.82) is 0 Å². The second kappa shape index (κ2) is 4.88. The molecule has 0 saturated carbocycles. The molecule has 1 aromatic heterocycles. The largest absolute Gasteiger partial charge is 0.329 e. The van der Waals surface area contributed by atoms with Crippen molar-refractivity contribution in [3.05, 3.63) is 52.1 Å². The molecule has 0 aliphatic rings. The van der Waals surface area contributed by atoms with Gasteiger partial charge in [0.25, 0.3) is 0 Å². The first kappa shape index (κ1) is 12.1. The fourth-order valence-corrected chi connectivity index (χ4v) is 2.20. The van der Waals surface area contributed by atoms with Crippen molar-refractivity contribution >= 4 is 27.4 Å². The molecule has 0 atom stereocenters. The number of aromatic nitrogens is 1. The summed E-state index contributed by atoms with van der Waals surface area (Å²) >= 11 is 3.39. The van der Waals surface area contributed by atoms with Crippen LogP contribution in [0.15, 0.2) is 41.0 Å². The highest BCUT2D eigenvalue weighted by Crippen LogP contribution is 2.24. The monoisotopic (exact) mass is 290 g/mol. The molecule has 0 aliphatic heterocycles. The molecule has 0 fully saturated rings. The van der Waals surface area contributed by atoms with Gasteiger partial charge < -0.3 is 4.90 Å². The molecule has 0 saturated heterocycles. The predicted molar refractivity (Wildman–Crippen MR) is 75.9 cm³/mol. The summed E-state index contributed by atoms with van der Waals surface area (Å²) < 4.78 is 0.853. The molecule has 0 amide bonds. The zero-order valence-corrected chi connectivity index (χ0v) is 11.8. The van der Waals surface area contributed by atoms with Gasteiger partial charge in [-0.2, -0.15) is 0 Å². The first-order valence-corrected chi connectivity index (χ1v) is 6.30. The van der Waals surface area contributed by atoms with Gasteiger partial charge in [-0.25, -0.2) is 4.98 Å². The van der Waals surface area contributed by atoms with Crippen LogP contribution in [0, 0.1) is 13.8 Å². The molecule has 2 aromatic rings. The Morgan fingerprint density at radius 2 is 1.71 bits per heavy atom. The molecular weight excluding hydrogens is 276 g/mol. The van der Waals surface area contributed by atoms with Crippen LogP contribution >= 0.6 is 15.9 Å². The Morgan fingerprint density at radius 1 is 1.06 bits per heavy atom. The number of anilines is 2. The van der Waals surface area contributed by atoms with Gasteiger partial charge in [0, 0.05) is 12.7 Å². The molecule has 0 bridgehead atoms. The van der Waals surface area contributed by atoms with Crippen LogP contribution in [0.4, 0.5) is 11.5 Å². The minimum atomic E-state index is 0.853. The minimum Gasteiger partial charge on any atom is -0.329 e. The third kappa shape index (κ3) is 2.86. The van der Waals surface area contributed by atoms with Gasteiger partial charge in [-0.3, -0.25) is 0 Å². The van der Waals surface area contributed by atoms with Crippen LogP contribution < -0.4 is 4.90 Å². The van der Waals surface area contributed by atoms with Crippen LogP contribution in [-0.2, 0) is 0 Å². The summed E-state index contributed by atoms with van der Waals surface area (Å²) in [5, 5.41) is 0. The Hall–Kier alpha value is -1.35. The molecular formula is C14H15BrN2. The third-order valence-corrected chi connectivity index (χ3v) is 3.08. The number of hydrogen-bond acceptors (Lipinski definition) is 2. The Balaban J connectivity index is 2.39. The maximum atomic E-state index is 4.45. The number of halogens is 1. The van der Waals surface area contributed by atoms with Gasteiger partial charge in [0.15, 0.2) is 0 Å². The lowest BCUT2D eigenvalue weighted by molar-refractivity contribution is 1.11. The molecule has 17 heavy (non-hydrogen) atoms. The zero-order valence-electron chi connectivity index (χ0n) is 10.2. The summed E-state index contributed by atoms with van der Waals surface area (Å²) in [6.07, 6.45) is 0. The smallest absolute Gasteiger partial charge is 0.134 e. The number of benzene rings is 1. The van der Waals surface area contributed by atoms with E-state index in [1.165, 1.54) is 11.1 Å². The predicted octanol–water partition coefficient (Wildman–Crippen LogP) is 4.23. The molecule has 2 nitrogen and oxygen atoms in total. The Bertz CT molecular complexity index is 517. The normalized spacial score (nSPS) is 10.4. The molecule has 88 valence electrons. The highest BCUT2D eigenvalue weighted by atomic mass is 79.9. The average molecular weight is 291 g/mol. The fourth-order valence-electron chi connectivity index (χ4n) is 1.86. The van der Waals surface area contributed by atoms with E-state index in [1.54, 1.807) is 0 Å². The van der Waals surface area contributed by atoms with Gasteiger partial charge in [0.05, 0.1) is 0 Å². The molecule has 1 heterocycles. The van der Waals surface area contributed by atoms with Crippen LogP contribution in [0.25, 0.3) is 0 Å². The standard InChI is InChI=1S/C14H15BrN2/c1-10-7-11(2)9-12(8-10)17(3)14-6-4-5-13(15)16-14/h4-9H,1-3H3.